The van der Waals surface area contributed by atoms with Crippen molar-refractivity contribution in [2.75, 3.05) is 17.3 Å². The number of aromatic nitrogens is 1. The van der Waals surface area contributed by atoms with Gasteiger partial charge in [-0.15, -0.1) is 23.1 Å². The number of rotatable bonds is 4. The van der Waals surface area contributed by atoms with Gasteiger partial charge in [-0.05, 0) is 36.6 Å². The van der Waals surface area contributed by atoms with Crippen LogP contribution in [-0.2, 0) is 0 Å². The molecule has 0 saturated carbocycles. The monoisotopic (exact) mass is 313 g/mol. The summed E-state index contributed by atoms with van der Waals surface area (Å²) in [6, 6.07) is 16.1. The molecule has 0 atom stereocenters. The Hall–Kier alpha value is -1.98. The molecule has 5 heteroatoms. The number of nitrogens with two attached hydrogens (primary N) is 1. The van der Waals surface area contributed by atoms with E-state index in [0.717, 1.165) is 27.8 Å². The highest BCUT2D eigenvalue weighted by molar-refractivity contribution is 7.98. The fraction of sp³-hybridized carbons (Fsp3) is 0.0625. The molecule has 0 bridgehead atoms. The lowest BCUT2D eigenvalue weighted by molar-refractivity contribution is 1.37. The second kappa shape index (κ2) is 6.20. The number of anilines is 3. The lowest BCUT2D eigenvalue weighted by atomic mass is 10.1. The van der Waals surface area contributed by atoms with E-state index in [0.29, 0.717) is 0 Å². The quantitative estimate of drug-likeness (QED) is 0.533. The van der Waals surface area contributed by atoms with E-state index in [-0.39, 0.29) is 0 Å². The number of hydrogen-bond donors (Lipinski definition) is 2. The summed E-state index contributed by atoms with van der Waals surface area (Å²) in [5, 5.41) is 6.26. The van der Waals surface area contributed by atoms with Crippen LogP contribution in [0.1, 0.15) is 0 Å². The van der Waals surface area contributed by atoms with Gasteiger partial charge in [-0.1, -0.05) is 18.2 Å². The van der Waals surface area contributed by atoms with Crippen molar-refractivity contribution in [1.82, 2.24) is 4.98 Å². The molecule has 21 heavy (non-hydrogen) atoms. The van der Waals surface area contributed by atoms with Gasteiger partial charge in [-0.2, -0.15) is 0 Å². The fourth-order valence-corrected chi connectivity index (χ4v) is 3.19. The Morgan fingerprint density at radius 2 is 2.00 bits per heavy atom. The molecule has 3 nitrogen and oxygen atoms in total. The van der Waals surface area contributed by atoms with Crippen LogP contribution in [0.2, 0.25) is 0 Å². The number of nitrogens with one attached hydrogen (secondary N) is 1. The summed E-state index contributed by atoms with van der Waals surface area (Å²) >= 11 is 3.31. The zero-order valence-corrected chi connectivity index (χ0v) is 13.2. The highest BCUT2D eigenvalue weighted by atomic mass is 32.2. The molecule has 0 aliphatic carbocycles. The molecule has 0 amide bonds. The minimum atomic E-state index is 0.752. The normalized spacial score (nSPS) is 10.5. The van der Waals surface area contributed by atoms with Crippen molar-refractivity contribution < 1.29 is 0 Å². The lowest BCUT2D eigenvalue weighted by Gasteiger charge is -2.04. The van der Waals surface area contributed by atoms with Crippen LogP contribution in [0.3, 0.4) is 0 Å². The standard InChI is InChI=1S/C16H15N3S2/c1-20-14-7-3-6-13(9-14)18-16-19-15(10-21-16)11-4-2-5-12(17)8-11/h2-10H,17H2,1H3,(H,18,19). The summed E-state index contributed by atoms with van der Waals surface area (Å²) < 4.78 is 0. The van der Waals surface area contributed by atoms with Gasteiger partial charge in [0.05, 0.1) is 5.69 Å². The second-order valence-electron chi connectivity index (χ2n) is 4.52. The summed E-state index contributed by atoms with van der Waals surface area (Å²) in [5.74, 6) is 0. The molecule has 3 N–H and O–H groups in total. The third kappa shape index (κ3) is 3.37. The minimum Gasteiger partial charge on any atom is -0.399 e. The van der Waals surface area contributed by atoms with Gasteiger partial charge in [0.2, 0.25) is 0 Å². The molecule has 0 radical (unpaired) electrons. The Balaban J connectivity index is 1.81. The summed E-state index contributed by atoms with van der Waals surface area (Å²) in [6.07, 6.45) is 2.07. The van der Waals surface area contributed by atoms with Crippen molar-refractivity contribution in [3.63, 3.8) is 0 Å². The van der Waals surface area contributed by atoms with E-state index in [9.17, 15) is 0 Å². The van der Waals surface area contributed by atoms with Crippen LogP contribution in [0.5, 0.6) is 0 Å². The SMILES string of the molecule is CSc1cccc(Nc2nc(-c3cccc(N)c3)cs2)c1. The molecule has 0 spiro atoms. The molecule has 1 heterocycles. The van der Waals surface area contributed by atoms with Crippen molar-refractivity contribution in [2.45, 2.75) is 4.90 Å². The Morgan fingerprint density at radius 3 is 2.81 bits per heavy atom. The van der Waals surface area contributed by atoms with Crippen LogP contribution in [0.4, 0.5) is 16.5 Å². The number of nitrogens with zero attached hydrogens (tertiary/aromatic N) is 1. The number of benzene rings is 2. The lowest BCUT2D eigenvalue weighted by Crippen LogP contribution is -1.90. The number of hydrogen-bond acceptors (Lipinski definition) is 5. The van der Waals surface area contributed by atoms with Crippen LogP contribution < -0.4 is 11.1 Å². The predicted octanol–water partition coefficient (Wildman–Crippen LogP) is 4.86. The zero-order valence-electron chi connectivity index (χ0n) is 11.5. The molecule has 1 aromatic heterocycles. The first-order chi connectivity index (χ1) is 10.2. The maximum Gasteiger partial charge on any atom is 0.187 e. The van der Waals surface area contributed by atoms with E-state index in [2.05, 4.69) is 28.7 Å². The van der Waals surface area contributed by atoms with Crippen LogP contribution in [0, 0.1) is 0 Å². The second-order valence-corrected chi connectivity index (χ2v) is 6.26. The maximum atomic E-state index is 5.82. The molecule has 3 aromatic rings. The first-order valence-corrected chi connectivity index (χ1v) is 8.57. The van der Waals surface area contributed by atoms with Crippen molar-refractivity contribution >= 4 is 39.6 Å². The molecule has 0 saturated heterocycles. The van der Waals surface area contributed by atoms with Gasteiger partial charge in [-0.25, -0.2) is 4.98 Å². The molecule has 0 aliphatic rings. The van der Waals surface area contributed by atoms with Crippen LogP contribution in [0.15, 0.2) is 58.8 Å². The third-order valence-corrected chi connectivity index (χ3v) is 4.49. The minimum absolute atomic E-state index is 0.752. The van der Waals surface area contributed by atoms with E-state index >= 15 is 0 Å². The topological polar surface area (TPSA) is 50.9 Å². The average Bonchev–Trinajstić information content (AvgIpc) is 2.96. The van der Waals surface area contributed by atoms with Crippen molar-refractivity contribution in [2.24, 2.45) is 0 Å². The first-order valence-electron chi connectivity index (χ1n) is 6.47. The molecular weight excluding hydrogens is 298 g/mol. The maximum absolute atomic E-state index is 5.82. The molecule has 106 valence electrons. The van der Waals surface area contributed by atoms with E-state index in [4.69, 9.17) is 5.73 Å². The number of nitrogen functional groups attached to an aromatic ring is 1. The Kier molecular flexibility index (Phi) is 4.13. The average molecular weight is 313 g/mol. The highest BCUT2D eigenvalue weighted by Crippen LogP contribution is 2.29. The first kappa shape index (κ1) is 14.0. The van der Waals surface area contributed by atoms with Crippen LogP contribution in [-0.4, -0.2) is 11.2 Å². The molecular formula is C16H15N3S2. The van der Waals surface area contributed by atoms with E-state index in [1.807, 2.05) is 41.8 Å². The Bertz CT molecular complexity index is 753. The van der Waals surface area contributed by atoms with E-state index < -0.39 is 0 Å². The largest absolute Gasteiger partial charge is 0.399 e. The van der Waals surface area contributed by atoms with Crippen LogP contribution in [0.25, 0.3) is 11.3 Å². The van der Waals surface area contributed by atoms with E-state index in [1.165, 1.54) is 4.90 Å². The van der Waals surface area contributed by atoms with Crippen molar-refractivity contribution in [1.29, 1.82) is 0 Å². The molecule has 0 fully saturated rings. The van der Waals surface area contributed by atoms with Crippen LogP contribution >= 0.6 is 23.1 Å². The molecule has 0 unspecified atom stereocenters. The van der Waals surface area contributed by atoms with E-state index in [1.54, 1.807) is 23.1 Å². The van der Waals surface area contributed by atoms with Gasteiger partial charge in [0.1, 0.15) is 0 Å². The predicted molar refractivity (Wildman–Crippen MR) is 93.5 cm³/mol. The summed E-state index contributed by atoms with van der Waals surface area (Å²) in [7, 11) is 0. The van der Waals surface area contributed by atoms with Gasteiger partial charge >= 0.3 is 0 Å². The smallest absolute Gasteiger partial charge is 0.187 e. The fourth-order valence-electron chi connectivity index (χ4n) is 1.99. The summed E-state index contributed by atoms with van der Waals surface area (Å²) in [4.78, 5) is 5.85. The number of thioether (sulfide) groups is 1. The van der Waals surface area contributed by atoms with Gasteiger partial charge in [0, 0.05) is 27.2 Å². The van der Waals surface area contributed by atoms with Gasteiger partial charge in [-0.3, -0.25) is 0 Å². The molecule has 2 aromatic carbocycles. The Morgan fingerprint density at radius 1 is 1.14 bits per heavy atom. The summed E-state index contributed by atoms with van der Waals surface area (Å²) in [5.41, 5.74) is 9.60. The zero-order chi connectivity index (χ0) is 14.7. The molecule has 0 aliphatic heterocycles. The van der Waals surface area contributed by atoms with Crippen molar-refractivity contribution in [3.05, 3.63) is 53.9 Å². The third-order valence-electron chi connectivity index (χ3n) is 3.01. The van der Waals surface area contributed by atoms with Gasteiger partial charge in [0.25, 0.3) is 0 Å². The molecule has 3 rings (SSSR count). The summed E-state index contributed by atoms with van der Waals surface area (Å²) in [6.45, 7) is 0. The Labute approximate surface area is 132 Å². The van der Waals surface area contributed by atoms with Gasteiger partial charge < -0.3 is 11.1 Å². The number of thiazole rings is 1. The van der Waals surface area contributed by atoms with Crippen molar-refractivity contribution in [3.8, 4) is 11.3 Å². The van der Waals surface area contributed by atoms with Gasteiger partial charge in [0.15, 0.2) is 5.13 Å². The highest BCUT2D eigenvalue weighted by Gasteiger charge is 2.05.